The molecule has 0 radical (unpaired) electrons. The Morgan fingerprint density at radius 2 is 2.15 bits per heavy atom. The molecule has 3 heterocycles. The van der Waals surface area contributed by atoms with E-state index in [9.17, 15) is 5.11 Å². The summed E-state index contributed by atoms with van der Waals surface area (Å²) in [4.78, 5) is 0. The van der Waals surface area contributed by atoms with E-state index in [2.05, 4.69) is 31.0 Å². The van der Waals surface area contributed by atoms with Gasteiger partial charge in [0.2, 0.25) is 0 Å². The molecule has 1 fully saturated rings. The van der Waals surface area contributed by atoms with Crippen molar-refractivity contribution in [2.24, 2.45) is 0 Å². The van der Waals surface area contributed by atoms with Crippen molar-refractivity contribution in [2.75, 3.05) is 18.9 Å². The number of nitrogens with zero attached hydrogens (tertiary/aromatic N) is 4. The van der Waals surface area contributed by atoms with Gasteiger partial charge in [0.25, 0.3) is 0 Å². The van der Waals surface area contributed by atoms with E-state index in [1.165, 1.54) is 0 Å². The number of aromatic nitrogens is 4. The van der Waals surface area contributed by atoms with Crippen LogP contribution in [0.1, 0.15) is 51.4 Å². The first-order valence-electron chi connectivity index (χ1n) is 9.15. The van der Waals surface area contributed by atoms with Crippen molar-refractivity contribution in [2.45, 2.75) is 64.9 Å². The predicted molar refractivity (Wildman–Crippen MR) is 97.9 cm³/mol. The van der Waals surface area contributed by atoms with Crippen LogP contribution in [0.4, 0.5) is 5.82 Å². The normalized spacial score (nSPS) is 18.4. The lowest BCUT2D eigenvalue weighted by Gasteiger charge is -2.22. The Labute approximate surface area is 153 Å². The maximum atomic E-state index is 9.67. The fourth-order valence-electron chi connectivity index (χ4n) is 2.93. The summed E-state index contributed by atoms with van der Waals surface area (Å²) in [6.07, 6.45) is 4.90. The molecular formula is C18H29N5O3. The molecule has 0 amide bonds. The average molecular weight is 363 g/mol. The van der Waals surface area contributed by atoms with Crippen molar-refractivity contribution >= 4 is 5.82 Å². The van der Waals surface area contributed by atoms with E-state index in [0.717, 1.165) is 31.6 Å². The molecule has 1 unspecified atom stereocenters. The molecule has 2 aromatic rings. The average Bonchev–Trinajstić information content (AvgIpc) is 3.18. The molecule has 1 atom stereocenters. The molecule has 8 heteroatoms. The zero-order valence-corrected chi connectivity index (χ0v) is 15.8. The first-order valence-corrected chi connectivity index (χ1v) is 9.15. The van der Waals surface area contributed by atoms with E-state index >= 15 is 0 Å². The van der Waals surface area contributed by atoms with Crippen LogP contribution in [-0.4, -0.2) is 44.2 Å². The number of aliphatic hydroxyl groups excluding tert-OH is 1. The highest BCUT2D eigenvalue weighted by molar-refractivity contribution is 5.45. The molecule has 0 aliphatic carbocycles. The summed E-state index contributed by atoms with van der Waals surface area (Å²) in [5.74, 6) is 0.524. The number of hydrogen-bond donors (Lipinski definition) is 2. The molecule has 0 aromatic carbocycles. The van der Waals surface area contributed by atoms with E-state index in [-0.39, 0.29) is 18.3 Å². The Bertz CT molecular complexity index is 726. The topological polar surface area (TPSA) is 100 Å². The van der Waals surface area contributed by atoms with E-state index in [1.807, 2.05) is 12.3 Å². The third kappa shape index (κ3) is 4.25. The van der Waals surface area contributed by atoms with Gasteiger partial charge in [-0.1, -0.05) is 20.8 Å². The first-order chi connectivity index (χ1) is 12.4. The highest BCUT2D eigenvalue weighted by Crippen LogP contribution is 2.25. The molecule has 1 aliphatic rings. The molecule has 8 nitrogen and oxygen atoms in total. The van der Waals surface area contributed by atoms with E-state index in [4.69, 9.17) is 15.2 Å². The molecule has 2 aromatic heterocycles. The third-order valence-electron chi connectivity index (χ3n) is 4.46. The van der Waals surface area contributed by atoms with E-state index < -0.39 is 0 Å². The standard InChI is InChI=1S/C18H29N5O3/c1-18(2,3)15-10-16(19)23(21-15)14-11-22(20-13(14)12-24)7-9-26-17-6-4-5-8-25-17/h10-11,17,24H,4-9,12,19H2,1-3H3. The second-order valence-electron chi connectivity index (χ2n) is 7.67. The quantitative estimate of drug-likeness (QED) is 0.814. The summed E-state index contributed by atoms with van der Waals surface area (Å²) < 4.78 is 14.7. The summed E-state index contributed by atoms with van der Waals surface area (Å²) >= 11 is 0. The van der Waals surface area contributed by atoms with Crippen molar-refractivity contribution in [3.63, 3.8) is 0 Å². The predicted octanol–water partition coefficient (Wildman–Crippen LogP) is 1.98. The van der Waals surface area contributed by atoms with Crippen molar-refractivity contribution in [3.05, 3.63) is 23.7 Å². The maximum Gasteiger partial charge on any atom is 0.157 e. The van der Waals surface area contributed by atoms with Crippen LogP contribution >= 0.6 is 0 Å². The highest BCUT2D eigenvalue weighted by Gasteiger charge is 2.22. The molecule has 3 N–H and O–H groups in total. The second-order valence-corrected chi connectivity index (χ2v) is 7.67. The van der Waals surface area contributed by atoms with Gasteiger partial charge in [-0.15, -0.1) is 0 Å². The van der Waals surface area contributed by atoms with Gasteiger partial charge in [-0.3, -0.25) is 4.68 Å². The van der Waals surface area contributed by atoms with Gasteiger partial charge in [-0.05, 0) is 19.3 Å². The second kappa shape index (κ2) is 7.77. The fraction of sp³-hybridized carbons (Fsp3) is 0.667. The zero-order chi connectivity index (χ0) is 18.7. The van der Waals surface area contributed by atoms with Crippen LogP contribution in [0.5, 0.6) is 0 Å². The molecule has 144 valence electrons. The lowest BCUT2D eigenvalue weighted by atomic mass is 9.92. The number of nitrogens with two attached hydrogens (primary N) is 1. The number of hydrogen-bond acceptors (Lipinski definition) is 6. The molecular weight excluding hydrogens is 334 g/mol. The molecule has 0 saturated carbocycles. The zero-order valence-electron chi connectivity index (χ0n) is 15.8. The molecule has 3 rings (SSSR count). The van der Waals surface area contributed by atoms with Gasteiger partial charge < -0.3 is 20.3 Å². The van der Waals surface area contributed by atoms with Crippen LogP contribution in [0.3, 0.4) is 0 Å². The van der Waals surface area contributed by atoms with Crippen molar-refractivity contribution < 1.29 is 14.6 Å². The maximum absolute atomic E-state index is 9.67. The van der Waals surface area contributed by atoms with Crippen LogP contribution in [-0.2, 0) is 28.0 Å². The molecule has 26 heavy (non-hydrogen) atoms. The minimum absolute atomic E-state index is 0.109. The number of nitrogen functional groups attached to an aromatic ring is 1. The summed E-state index contributed by atoms with van der Waals surface area (Å²) in [6.45, 7) is 7.90. The van der Waals surface area contributed by atoms with Crippen LogP contribution in [0.25, 0.3) is 5.69 Å². The SMILES string of the molecule is CC(C)(C)c1cc(N)n(-c2cn(CCOC3CCCCO3)nc2CO)n1. The number of ether oxygens (including phenoxy) is 2. The fourth-order valence-corrected chi connectivity index (χ4v) is 2.93. The van der Waals surface area contributed by atoms with Gasteiger partial charge in [0, 0.05) is 18.1 Å². The van der Waals surface area contributed by atoms with Gasteiger partial charge in [-0.2, -0.15) is 10.2 Å². The largest absolute Gasteiger partial charge is 0.390 e. The number of aliphatic hydroxyl groups is 1. The Hall–Kier alpha value is -1.90. The summed E-state index contributed by atoms with van der Waals surface area (Å²) in [7, 11) is 0. The van der Waals surface area contributed by atoms with Gasteiger partial charge in [0.05, 0.1) is 31.6 Å². The minimum atomic E-state index is -0.181. The lowest BCUT2D eigenvalue weighted by molar-refractivity contribution is -0.163. The highest BCUT2D eigenvalue weighted by atomic mass is 16.7. The van der Waals surface area contributed by atoms with Gasteiger partial charge in [0.15, 0.2) is 6.29 Å². The van der Waals surface area contributed by atoms with Crippen LogP contribution in [0.2, 0.25) is 0 Å². The van der Waals surface area contributed by atoms with E-state index in [1.54, 1.807) is 9.36 Å². The van der Waals surface area contributed by atoms with Gasteiger partial charge in [0.1, 0.15) is 17.2 Å². The van der Waals surface area contributed by atoms with Crippen LogP contribution < -0.4 is 5.73 Å². The monoisotopic (exact) mass is 363 g/mol. The first kappa shape index (κ1) is 18.9. The molecule has 1 aliphatic heterocycles. The van der Waals surface area contributed by atoms with Gasteiger partial charge >= 0.3 is 0 Å². The molecule has 0 bridgehead atoms. The van der Waals surface area contributed by atoms with Crippen LogP contribution in [0.15, 0.2) is 12.3 Å². The number of rotatable bonds is 6. The van der Waals surface area contributed by atoms with E-state index in [0.29, 0.717) is 30.4 Å². The summed E-state index contributed by atoms with van der Waals surface area (Å²) in [5, 5.41) is 18.7. The Kier molecular flexibility index (Phi) is 5.64. The minimum Gasteiger partial charge on any atom is -0.390 e. The molecule has 0 spiro atoms. The van der Waals surface area contributed by atoms with Crippen LogP contribution in [0, 0.1) is 0 Å². The van der Waals surface area contributed by atoms with Crippen molar-refractivity contribution in [3.8, 4) is 5.69 Å². The Morgan fingerprint density at radius 1 is 1.35 bits per heavy atom. The number of anilines is 1. The summed E-state index contributed by atoms with van der Waals surface area (Å²) in [5.41, 5.74) is 8.15. The molecule has 1 saturated heterocycles. The lowest BCUT2D eigenvalue weighted by Crippen LogP contribution is -2.24. The summed E-state index contributed by atoms with van der Waals surface area (Å²) in [6, 6.07) is 1.86. The Morgan fingerprint density at radius 3 is 2.77 bits per heavy atom. The smallest absolute Gasteiger partial charge is 0.157 e. The Balaban J connectivity index is 1.71. The third-order valence-corrected chi connectivity index (χ3v) is 4.46. The van der Waals surface area contributed by atoms with Crippen molar-refractivity contribution in [1.29, 1.82) is 0 Å². The van der Waals surface area contributed by atoms with Gasteiger partial charge in [-0.25, -0.2) is 4.68 Å². The van der Waals surface area contributed by atoms with Crippen molar-refractivity contribution in [1.82, 2.24) is 19.6 Å².